The van der Waals surface area contributed by atoms with Crippen LogP contribution in [0.2, 0.25) is 15.1 Å². The topological polar surface area (TPSA) is 80.8 Å². The minimum absolute atomic E-state index is 0.0841. The summed E-state index contributed by atoms with van der Waals surface area (Å²) < 4.78 is 6.22. The van der Waals surface area contributed by atoms with Crippen LogP contribution in [0.25, 0.3) is 0 Å². The van der Waals surface area contributed by atoms with E-state index in [9.17, 15) is 19.2 Å². The van der Waals surface area contributed by atoms with Gasteiger partial charge in [-0.15, -0.1) is 0 Å². The number of carbonyl (C=O) groups is 4. The Balaban J connectivity index is 1.56. The van der Waals surface area contributed by atoms with Crippen molar-refractivity contribution in [2.24, 2.45) is 11.8 Å². The summed E-state index contributed by atoms with van der Waals surface area (Å²) in [5, 5.41) is 0.789. The second-order valence-electron chi connectivity index (χ2n) is 8.64. The molecular weight excluding hydrogens is 513 g/mol. The standard InChI is InChI=1S/C26H14Cl3NO5/c27-13-5-3-4-12(10-13)21-19-20(25(34)30(24(19)33)18-9-8-14(28)11-17(18)29)26(35-21)22(31)15-6-1-2-7-16(15)23(26)32/h1-11,19-21H/t19-,20+,21-/m0/s1. The molecule has 0 unspecified atom stereocenters. The lowest BCUT2D eigenvalue weighted by Crippen LogP contribution is -2.51. The number of carbonyl (C=O) groups excluding carboxylic acids is 4. The highest BCUT2D eigenvalue weighted by molar-refractivity contribution is 6.40. The molecule has 0 bridgehead atoms. The monoisotopic (exact) mass is 525 g/mol. The maximum Gasteiger partial charge on any atom is 0.241 e. The van der Waals surface area contributed by atoms with E-state index in [0.29, 0.717) is 15.6 Å². The van der Waals surface area contributed by atoms with Crippen LogP contribution in [0.3, 0.4) is 0 Å². The molecular formula is C26H14Cl3NO5. The molecule has 1 spiro atoms. The highest BCUT2D eigenvalue weighted by atomic mass is 35.5. The molecule has 2 aliphatic heterocycles. The molecule has 2 saturated heterocycles. The van der Waals surface area contributed by atoms with Gasteiger partial charge in [-0.3, -0.25) is 19.2 Å². The number of rotatable bonds is 2. The second-order valence-corrected chi connectivity index (χ2v) is 9.92. The van der Waals surface area contributed by atoms with Gasteiger partial charge in [0.05, 0.1) is 28.6 Å². The Hall–Kier alpha value is -3.03. The summed E-state index contributed by atoms with van der Waals surface area (Å²) in [6.45, 7) is 0. The van der Waals surface area contributed by atoms with Crippen molar-refractivity contribution >= 4 is 63.9 Å². The number of ether oxygens (including phenoxy) is 1. The molecule has 9 heteroatoms. The minimum Gasteiger partial charge on any atom is -0.349 e. The largest absolute Gasteiger partial charge is 0.349 e. The summed E-state index contributed by atoms with van der Waals surface area (Å²) in [5.74, 6) is -5.15. The summed E-state index contributed by atoms with van der Waals surface area (Å²) in [7, 11) is 0. The van der Waals surface area contributed by atoms with E-state index in [0.717, 1.165) is 4.90 Å². The van der Waals surface area contributed by atoms with E-state index in [-0.39, 0.29) is 21.8 Å². The number of benzene rings is 3. The Labute approximate surface area is 214 Å². The Morgan fingerprint density at radius 3 is 2.03 bits per heavy atom. The van der Waals surface area contributed by atoms with Crippen molar-refractivity contribution in [1.82, 2.24) is 0 Å². The van der Waals surface area contributed by atoms with Crippen LogP contribution in [0.5, 0.6) is 0 Å². The third-order valence-corrected chi connectivity index (χ3v) is 7.62. The van der Waals surface area contributed by atoms with Crippen LogP contribution < -0.4 is 4.90 Å². The lowest BCUT2D eigenvalue weighted by Gasteiger charge is -2.27. The van der Waals surface area contributed by atoms with Crippen LogP contribution in [0, 0.1) is 11.8 Å². The van der Waals surface area contributed by atoms with Crippen molar-refractivity contribution in [2.45, 2.75) is 11.7 Å². The first kappa shape index (κ1) is 22.4. The molecule has 174 valence electrons. The molecule has 2 fully saturated rings. The van der Waals surface area contributed by atoms with Gasteiger partial charge >= 0.3 is 0 Å². The number of Topliss-reactive ketones (excluding diaryl/α,β-unsaturated/α-hetero) is 2. The summed E-state index contributed by atoms with van der Waals surface area (Å²) in [6, 6.07) is 17.3. The first-order valence-corrected chi connectivity index (χ1v) is 11.8. The smallest absolute Gasteiger partial charge is 0.241 e. The third kappa shape index (κ3) is 2.94. The zero-order valence-electron chi connectivity index (χ0n) is 17.7. The third-order valence-electron chi connectivity index (χ3n) is 6.85. The number of amides is 2. The number of hydrogen-bond acceptors (Lipinski definition) is 5. The predicted molar refractivity (Wildman–Crippen MR) is 129 cm³/mol. The zero-order valence-corrected chi connectivity index (χ0v) is 20.0. The number of hydrogen-bond donors (Lipinski definition) is 0. The van der Waals surface area contributed by atoms with E-state index in [4.69, 9.17) is 39.5 Å². The van der Waals surface area contributed by atoms with Crippen LogP contribution in [0.1, 0.15) is 32.4 Å². The van der Waals surface area contributed by atoms with Gasteiger partial charge in [0, 0.05) is 21.2 Å². The molecule has 6 rings (SSSR count). The lowest BCUT2D eigenvalue weighted by molar-refractivity contribution is -0.127. The summed E-state index contributed by atoms with van der Waals surface area (Å²) in [5.41, 5.74) is -1.25. The Morgan fingerprint density at radius 2 is 1.40 bits per heavy atom. The van der Waals surface area contributed by atoms with Gasteiger partial charge < -0.3 is 4.74 Å². The van der Waals surface area contributed by atoms with Gasteiger partial charge in [0.2, 0.25) is 29.0 Å². The van der Waals surface area contributed by atoms with Crippen LogP contribution in [0.4, 0.5) is 5.69 Å². The summed E-state index contributed by atoms with van der Waals surface area (Å²) in [4.78, 5) is 56.1. The van der Waals surface area contributed by atoms with Gasteiger partial charge in [-0.25, -0.2) is 4.90 Å². The normalized spacial score (nSPS) is 24.4. The molecule has 35 heavy (non-hydrogen) atoms. The van der Waals surface area contributed by atoms with E-state index in [1.807, 2.05) is 0 Å². The molecule has 2 heterocycles. The molecule has 0 radical (unpaired) electrons. The fourth-order valence-corrected chi connectivity index (χ4v) is 6.09. The average molecular weight is 527 g/mol. The lowest BCUT2D eigenvalue weighted by atomic mass is 9.77. The number of imide groups is 1. The predicted octanol–water partition coefficient (Wildman–Crippen LogP) is 5.34. The summed E-state index contributed by atoms with van der Waals surface area (Å²) >= 11 is 18.5. The van der Waals surface area contributed by atoms with Crippen molar-refractivity contribution in [3.05, 3.63) is 98.5 Å². The van der Waals surface area contributed by atoms with E-state index in [1.165, 1.54) is 30.3 Å². The van der Waals surface area contributed by atoms with Crippen LogP contribution in [-0.4, -0.2) is 29.0 Å². The Kier molecular flexibility index (Phi) is 4.96. The van der Waals surface area contributed by atoms with Crippen molar-refractivity contribution in [1.29, 1.82) is 0 Å². The van der Waals surface area contributed by atoms with Gasteiger partial charge in [0.25, 0.3) is 0 Å². The second kappa shape index (κ2) is 7.73. The number of halogens is 3. The summed E-state index contributed by atoms with van der Waals surface area (Å²) in [6.07, 6.45) is -1.06. The van der Waals surface area contributed by atoms with Crippen molar-refractivity contribution < 1.29 is 23.9 Å². The van der Waals surface area contributed by atoms with Gasteiger partial charge in [-0.2, -0.15) is 0 Å². The number of nitrogens with zero attached hydrogens (tertiary/aromatic N) is 1. The average Bonchev–Trinajstić information content (AvgIpc) is 3.40. The van der Waals surface area contributed by atoms with Crippen molar-refractivity contribution in [3.8, 4) is 0 Å². The maximum absolute atomic E-state index is 13.9. The van der Waals surface area contributed by atoms with Gasteiger partial charge in [-0.05, 0) is 35.9 Å². The van der Waals surface area contributed by atoms with Gasteiger partial charge in [0.1, 0.15) is 0 Å². The molecule has 3 aliphatic rings. The van der Waals surface area contributed by atoms with E-state index < -0.39 is 46.9 Å². The highest BCUT2D eigenvalue weighted by Gasteiger charge is 2.74. The first-order valence-electron chi connectivity index (χ1n) is 10.7. The van der Waals surface area contributed by atoms with Crippen LogP contribution >= 0.6 is 34.8 Å². The fourth-order valence-electron chi connectivity index (χ4n) is 5.40. The molecule has 0 aromatic heterocycles. The molecule has 0 saturated carbocycles. The van der Waals surface area contributed by atoms with Gasteiger partial charge in [-0.1, -0.05) is 71.2 Å². The molecule has 6 nitrogen and oxygen atoms in total. The van der Waals surface area contributed by atoms with E-state index in [1.54, 1.807) is 36.4 Å². The quantitative estimate of drug-likeness (QED) is 0.333. The SMILES string of the molecule is O=C1[C@@H]2[C@H](c3cccc(Cl)c3)OC3(C(=O)c4ccccc4C3=O)[C@H]2C(=O)N1c1ccc(Cl)cc1Cl. The van der Waals surface area contributed by atoms with Crippen LogP contribution in [0.15, 0.2) is 66.7 Å². The number of ketones is 2. The van der Waals surface area contributed by atoms with E-state index >= 15 is 0 Å². The fraction of sp³-hybridized carbons (Fsp3) is 0.154. The first-order chi connectivity index (χ1) is 16.8. The highest BCUT2D eigenvalue weighted by Crippen LogP contribution is 2.58. The van der Waals surface area contributed by atoms with Crippen LogP contribution in [-0.2, 0) is 14.3 Å². The number of fused-ring (bicyclic) bond motifs is 3. The molecule has 3 atom stereocenters. The molecule has 3 aromatic rings. The number of anilines is 1. The zero-order chi connectivity index (χ0) is 24.6. The Morgan fingerprint density at radius 1 is 0.743 bits per heavy atom. The molecule has 0 N–H and O–H groups in total. The molecule has 3 aromatic carbocycles. The molecule has 1 aliphatic carbocycles. The maximum atomic E-state index is 13.9. The van der Waals surface area contributed by atoms with E-state index in [2.05, 4.69) is 0 Å². The van der Waals surface area contributed by atoms with Crippen molar-refractivity contribution in [2.75, 3.05) is 4.90 Å². The minimum atomic E-state index is -2.16. The Bertz CT molecular complexity index is 1450. The molecule has 2 amide bonds. The van der Waals surface area contributed by atoms with Gasteiger partial charge in [0.15, 0.2) is 0 Å². The van der Waals surface area contributed by atoms with Crippen molar-refractivity contribution in [3.63, 3.8) is 0 Å².